The molecule has 2 saturated heterocycles. The molecule has 0 bridgehead atoms. The van der Waals surface area contributed by atoms with Gasteiger partial charge in [-0.1, -0.05) is 49.4 Å². The largest absolute Gasteiger partial charge is 0.368 e. The number of benzene rings is 2. The van der Waals surface area contributed by atoms with E-state index >= 15 is 0 Å². The summed E-state index contributed by atoms with van der Waals surface area (Å²) >= 11 is 0.892. The van der Waals surface area contributed by atoms with Gasteiger partial charge in [-0.3, -0.25) is 19.3 Å². The second-order valence-corrected chi connectivity index (χ2v) is 8.56. The fourth-order valence-electron chi connectivity index (χ4n) is 3.73. The highest BCUT2D eigenvalue weighted by atomic mass is 32.2. The summed E-state index contributed by atoms with van der Waals surface area (Å²) in [6.45, 7) is 4.48. The molecule has 2 aromatic rings. The van der Waals surface area contributed by atoms with E-state index in [9.17, 15) is 14.4 Å². The molecule has 0 atom stereocenters. The smallest absolute Gasteiger partial charge is 0.294 e. The number of anilines is 1. The van der Waals surface area contributed by atoms with Crippen LogP contribution in [-0.4, -0.2) is 59.6 Å². The number of hydrogen-bond acceptors (Lipinski definition) is 5. The first-order valence-electron chi connectivity index (χ1n) is 10.5. The number of rotatable bonds is 5. The van der Waals surface area contributed by atoms with Gasteiger partial charge in [-0.25, -0.2) is 0 Å². The average molecular weight is 436 g/mol. The quantitative estimate of drug-likeness (QED) is 0.671. The number of piperazine rings is 1. The lowest BCUT2D eigenvalue weighted by Crippen LogP contribution is -2.51. The van der Waals surface area contributed by atoms with Crippen molar-refractivity contribution in [2.45, 2.75) is 13.3 Å². The van der Waals surface area contributed by atoms with Gasteiger partial charge in [-0.2, -0.15) is 0 Å². The van der Waals surface area contributed by atoms with E-state index in [1.807, 2.05) is 42.5 Å². The maximum absolute atomic E-state index is 12.8. The minimum absolute atomic E-state index is 0.191. The third-order valence-corrected chi connectivity index (χ3v) is 6.51. The summed E-state index contributed by atoms with van der Waals surface area (Å²) in [5.74, 6) is -0.589. The summed E-state index contributed by atoms with van der Waals surface area (Å²) in [4.78, 5) is 43.3. The summed E-state index contributed by atoms with van der Waals surface area (Å²) < 4.78 is 0. The Hall–Kier alpha value is -3.06. The van der Waals surface area contributed by atoms with E-state index < -0.39 is 11.1 Å². The highest BCUT2D eigenvalue weighted by Crippen LogP contribution is 2.32. The number of carbonyl (C=O) groups excluding carboxylic acids is 3. The number of thioether (sulfide) groups is 1. The van der Waals surface area contributed by atoms with Crippen molar-refractivity contribution in [2.24, 2.45) is 0 Å². The first-order valence-corrected chi connectivity index (χ1v) is 11.3. The van der Waals surface area contributed by atoms with Crippen LogP contribution in [0.25, 0.3) is 6.08 Å². The zero-order valence-electron chi connectivity index (χ0n) is 17.5. The molecule has 0 aliphatic carbocycles. The number of hydrogen-bond donors (Lipinski definition) is 0. The Morgan fingerprint density at radius 3 is 2.29 bits per heavy atom. The predicted octanol–water partition coefficient (Wildman–Crippen LogP) is 3.63. The zero-order chi connectivity index (χ0) is 21.8. The van der Waals surface area contributed by atoms with Crippen molar-refractivity contribution in [1.82, 2.24) is 9.80 Å². The van der Waals surface area contributed by atoms with E-state index in [4.69, 9.17) is 0 Å². The molecule has 0 aromatic heterocycles. The molecule has 2 aromatic carbocycles. The van der Waals surface area contributed by atoms with Crippen LogP contribution in [0.4, 0.5) is 10.5 Å². The van der Waals surface area contributed by atoms with Crippen LogP contribution in [0.1, 0.15) is 18.1 Å². The number of amides is 3. The SMILES string of the molecule is CCc1ccc(C=C2SC(=O)N(CC(=O)N3CCN(c4ccccc4)CC3)C2=O)cc1. The van der Waals surface area contributed by atoms with Crippen LogP contribution in [0.3, 0.4) is 0 Å². The van der Waals surface area contributed by atoms with Gasteiger partial charge in [0, 0.05) is 31.9 Å². The summed E-state index contributed by atoms with van der Waals surface area (Å²) in [6, 6.07) is 18.0. The molecule has 0 saturated carbocycles. The molecule has 0 spiro atoms. The molecule has 3 amide bonds. The average Bonchev–Trinajstić information content (AvgIpc) is 3.07. The van der Waals surface area contributed by atoms with Gasteiger partial charge in [-0.05, 0) is 47.5 Å². The third-order valence-electron chi connectivity index (χ3n) is 5.61. The fourth-order valence-corrected chi connectivity index (χ4v) is 4.56. The summed E-state index contributed by atoms with van der Waals surface area (Å²) in [5, 5.41) is -0.391. The van der Waals surface area contributed by atoms with Crippen LogP contribution >= 0.6 is 11.8 Å². The molecule has 0 radical (unpaired) electrons. The molecule has 2 aliphatic heterocycles. The fraction of sp³-hybridized carbons (Fsp3) is 0.292. The molecule has 4 rings (SSSR count). The lowest BCUT2D eigenvalue weighted by Gasteiger charge is -2.36. The van der Waals surface area contributed by atoms with Crippen LogP contribution in [0.5, 0.6) is 0 Å². The van der Waals surface area contributed by atoms with Crippen LogP contribution in [0.15, 0.2) is 59.5 Å². The highest BCUT2D eigenvalue weighted by molar-refractivity contribution is 8.18. The van der Waals surface area contributed by atoms with Gasteiger partial charge in [0.2, 0.25) is 5.91 Å². The molecule has 31 heavy (non-hydrogen) atoms. The first-order chi connectivity index (χ1) is 15.0. The molecule has 2 fully saturated rings. The predicted molar refractivity (Wildman–Crippen MR) is 124 cm³/mol. The second-order valence-electron chi connectivity index (χ2n) is 7.57. The number of aryl methyl sites for hydroxylation is 1. The van der Waals surface area contributed by atoms with Gasteiger partial charge < -0.3 is 9.80 Å². The van der Waals surface area contributed by atoms with E-state index in [-0.39, 0.29) is 12.5 Å². The number of imide groups is 1. The van der Waals surface area contributed by atoms with Crippen LogP contribution in [-0.2, 0) is 16.0 Å². The van der Waals surface area contributed by atoms with Gasteiger partial charge in [0.25, 0.3) is 11.1 Å². The molecule has 6 nitrogen and oxygen atoms in total. The molecule has 0 N–H and O–H groups in total. The van der Waals surface area contributed by atoms with Crippen LogP contribution in [0.2, 0.25) is 0 Å². The second kappa shape index (κ2) is 9.39. The van der Waals surface area contributed by atoms with Gasteiger partial charge >= 0.3 is 0 Å². The van der Waals surface area contributed by atoms with E-state index in [0.717, 1.165) is 47.4 Å². The minimum atomic E-state index is -0.397. The standard InChI is InChI=1S/C24H25N3O3S/c1-2-18-8-10-19(11-9-18)16-21-23(29)27(24(30)31-21)17-22(28)26-14-12-25(13-15-26)20-6-4-3-5-7-20/h3-11,16H,2,12-15,17H2,1H3. The Morgan fingerprint density at radius 2 is 1.65 bits per heavy atom. The van der Waals surface area contributed by atoms with E-state index in [0.29, 0.717) is 18.0 Å². The Morgan fingerprint density at radius 1 is 0.968 bits per heavy atom. The molecule has 7 heteroatoms. The van der Waals surface area contributed by atoms with Crippen molar-refractivity contribution in [3.8, 4) is 0 Å². The lowest BCUT2D eigenvalue weighted by molar-refractivity contribution is -0.136. The highest BCUT2D eigenvalue weighted by Gasteiger charge is 2.37. The Bertz CT molecular complexity index is 996. The Labute approximate surface area is 186 Å². The maximum atomic E-state index is 12.8. The van der Waals surface area contributed by atoms with E-state index in [1.54, 1.807) is 11.0 Å². The van der Waals surface area contributed by atoms with Crippen LogP contribution < -0.4 is 4.90 Å². The van der Waals surface area contributed by atoms with Gasteiger partial charge in [0.05, 0.1) is 4.91 Å². The number of carbonyl (C=O) groups is 3. The van der Waals surface area contributed by atoms with E-state index in [2.05, 4.69) is 24.0 Å². The topological polar surface area (TPSA) is 60.9 Å². The van der Waals surface area contributed by atoms with Crippen LogP contribution in [0, 0.1) is 0 Å². The molecular formula is C24H25N3O3S. The number of para-hydroxylation sites is 1. The van der Waals surface area contributed by atoms with Gasteiger partial charge in [0.1, 0.15) is 6.54 Å². The van der Waals surface area contributed by atoms with Gasteiger partial charge in [-0.15, -0.1) is 0 Å². The van der Waals surface area contributed by atoms with Crippen molar-refractivity contribution >= 4 is 40.6 Å². The van der Waals surface area contributed by atoms with Gasteiger partial charge in [0.15, 0.2) is 0 Å². The molecule has 0 unspecified atom stereocenters. The first kappa shape index (κ1) is 21.2. The number of nitrogens with zero attached hydrogens (tertiary/aromatic N) is 3. The van der Waals surface area contributed by atoms with Crippen molar-refractivity contribution < 1.29 is 14.4 Å². The minimum Gasteiger partial charge on any atom is -0.368 e. The maximum Gasteiger partial charge on any atom is 0.294 e. The summed E-state index contributed by atoms with van der Waals surface area (Å²) in [5.41, 5.74) is 3.21. The zero-order valence-corrected chi connectivity index (χ0v) is 18.3. The van der Waals surface area contributed by atoms with Crippen molar-refractivity contribution in [3.05, 3.63) is 70.6 Å². The lowest BCUT2D eigenvalue weighted by atomic mass is 10.1. The molecular weight excluding hydrogens is 410 g/mol. The monoisotopic (exact) mass is 435 g/mol. The van der Waals surface area contributed by atoms with Crippen molar-refractivity contribution in [3.63, 3.8) is 0 Å². The van der Waals surface area contributed by atoms with E-state index in [1.165, 1.54) is 5.56 Å². The molecule has 2 heterocycles. The summed E-state index contributed by atoms with van der Waals surface area (Å²) in [7, 11) is 0. The normalized spacial score (nSPS) is 18.2. The van der Waals surface area contributed by atoms with Crippen molar-refractivity contribution in [1.29, 1.82) is 0 Å². The van der Waals surface area contributed by atoms with Crippen molar-refractivity contribution in [2.75, 3.05) is 37.6 Å². The summed E-state index contributed by atoms with van der Waals surface area (Å²) in [6.07, 6.45) is 2.66. The third kappa shape index (κ3) is 4.82. The molecule has 160 valence electrons. The Balaban J connectivity index is 1.35. The molecule has 2 aliphatic rings. The Kier molecular flexibility index (Phi) is 6.42.